The third-order valence-electron chi connectivity index (χ3n) is 6.07. The summed E-state index contributed by atoms with van der Waals surface area (Å²) in [4.78, 5) is 14.3. The molecule has 0 bridgehead atoms. The fourth-order valence-corrected chi connectivity index (χ4v) is 4.45. The molecule has 32 heavy (non-hydrogen) atoms. The number of fused-ring (bicyclic) bond motifs is 3. The zero-order chi connectivity index (χ0) is 22.6. The van der Waals surface area contributed by atoms with E-state index in [1.807, 2.05) is 32.0 Å². The Labute approximate surface area is 192 Å². The first-order chi connectivity index (χ1) is 15.2. The molecule has 0 aliphatic carbocycles. The van der Waals surface area contributed by atoms with Gasteiger partial charge in [0.2, 0.25) is 5.71 Å². The van der Waals surface area contributed by atoms with Crippen LogP contribution in [0.3, 0.4) is 0 Å². The summed E-state index contributed by atoms with van der Waals surface area (Å²) in [6, 6.07) is 18.4. The molecule has 4 nitrogen and oxygen atoms in total. The number of para-hydroxylation sites is 1. The van der Waals surface area contributed by atoms with Gasteiger partial charge in [-0.05, 0) is 82.1 Å². The summed E-state index contributed by atoms with van der Waals surface area (Å²) in [6.07, 6.45) is 0. The molecule has 0 fully saturated rings. The zero-order valence-corrected chi connectivity index (χ0v) is 19.6. The van der Waals surface area contributed by atoms with Crippen LogP contribution < -0.4 is 0 Å². The fraction of sp³-hybridized carbons (Fsp3) is 0.222. The number of furan rings is 1. The van der Waals surface area contributed by atoms with Crippen LogP contribution in [0.5, 0.6) is 0 Å². The summed E-state index contributed by atoms with van der Waals surface area (Å²) in [5.74, 6) is 0. The standard InChI is InChI=1S/C27H24ClN3O/c1-15-13-22(30-23(28)14-15)27(4,5)21-12-9-16(2)24(31-21)20-8-6-7-18-19-11-10-17(3)29-26(19)32-25(18)20/h6-14H,1-5H3. The lowest BCUT2D eigenvalue weighted by atomic mass is 9.83. The Kier molecular flexibility index (Phi) is 4.79. The van der Waals surface area contributed by atoms with Crippen molar-refractivity contribution >= 4 is 33.7 Å². The normalized spacial score (nSPS) is 12.1. The van der Waals surface area contributed by atoms with Crippen LogP contribution >= 0.6 is 11.6 Å². The lowest BCUT2D eigenvalue weighted by Gasteiger charge is -2.25. The van der Waals surface area contributed by atoms with Crippen molar-refractivity contribution in [2.24, 2.45) is 0 Å². The molecule has 0 radical (unpaired) electrons. The van der Waals surface area contributed by atoms with Crippen LogP contribution in [-0.4, -0.2) is 15.0 Å². The predicted molar refractivity (Wildman–Crippen MR) is 130 cm³/mol. The largest absolute Gasteiger partial charge is 0.437 e. The molecule has 0 unspecified atom stereocenters. The van der Waals surface area contributed by atoms with Crippen LogP contribution in [0.1, 0.15) is 42.1 Å². The molecule has 0 saturated heterocycles. The maximum absolute atomic E-state index is 6.26. The number of benzene rings is 1. The Balaban J connectivity index is 1.71. The minimum atomic E-state index is -0.418. The molecule has 0 N–H and O–H groups in total. The maximum atomic E-state index is 6.26. The second-order valence-corrected chi connectivity index (χ2v) is 9.32. The number of hydrogen-bond donors (Lipinski definition) is 0. The van der Waals surface area contributed by atoms with Crippen molar-refractivity contribution in [1.82, 2.24) is 15.0 Å². The molecule has 0 aliphatic rings. The summed E-state index contributed by atoms with van der Waals surface area (Å²) in [5.41, 5.74) is 7.81. The second kappa shape index (κ2) is 7.42. The van der Waals surface area contributed by atoms with E-state index in [4.69, 9.17) is 21.0 Å². The first-order valence-electron chi connectivity index (χ1n) is 10.7. The van der Waals surface area contributed by atoms with Crippen molar-refractivity contribution in [3.63, 3.8) is 0 Å². The predicted octanol–water partition coefficient (Wildman–Crippen LogP) is 7.34. The molecule has 0 aliphatic heterocycles. The first kappa shape index (κ1) is 20.7. The monoisotopic (exact) mass is 441 g/mol. The van der Waals surface area contributed by atoms with Gasteiger partial charge >= 0.3 is 0 Å². The van der Waals surface area contributed by atoms with Gasteiger partial charge in [0.05, 0.1) is 17.1 Å². The van der Waals surface area contributed by atoms with Gasteiger partial charge in [-0.2, -0.15) is 0 Å². The minimum absolute atomic E-state index is 0.418. The smallest absolute Gasteiger partial charge is 0.227 e. The van der Waals surface area contributed by atoms with Gasteiger partial charge in [-0.1, -0.05) is 29.8 Å². The second-order valence-electron chi connectivity index (χ2n) is 8.93. The summed E-state index contributed by atoms with van der Waals surface area (Å²) in [5, 5.41) is 2.55. The van der Waals surface area contributed by atoms with E-state index in [1.54, 1.807) is 0 Å². The number of aryl methyl sites for hydroxylation is 3. The Morgan fingerprint density at radius 1 is 0.812 bits per heavy atom. The van der Waals surface area contributed by atoms with E-state index in [9.17, 15) is 0 Å². The van der Waals surface area contributed by atoms with Crippen molar-refractivity contribution in [1.29, 1.82) is 0 Å². The lowest BCUT2D eigenvalue weighted by Crippen LogP contribution is -2.23. The van der Waals surface area contributed by atoms with Gasteiger partial charge in [0, 0.05) is 27.4 Å². The van der Waals surface area contributed by atoms with E-state index in [0.29, 0.717) is 10.9 Å². The molecular formula is C27H24ClN3O. The van der Waals surface area contributed by atoms with Gasteiger partial charge in [0.15, 0.2) is 0 Å². The highest BCUT2D eigenvalue weighted by Gasteiger charge is 2.28. The van der Waals surface area contributed by atoms with Crippen LogP contribution in [0.2, 0.25) is 5.15 Å². The van der Waals surface area contributed by atoms with Gasteiger partial charge in [0.25, 0.3) is 0 Å². The average Bonchev–Trinajstić information content (AvgIpc) is 3.11. The molecule has 1 aromatic carbocycles. The molecule has 0 saturated carbocycles. The van der Waals surface area contributed by atoms with Crippen LogP contribution in [0, 0.1) is 20.8 Å². The summed E-state index contributed by atoms with van der Waals surface area (Å²) < 4.78 is 6.23. The zero-order valence-electron chi connectivity index (χ0n) is 18.8. The SMILES string of the molecule is Cc1cc(Cl)nc(C(C)(C)c2ccc(C)c(-c3cccc4c3oc3nc(C)ccc34)n2)c1. The average molecular weight is 442 g/mol. The van der Waals surface area contributed by atoms with Crippen LogP contribution in [0.15, 0.2) is 59.0 Å². The van der Waals surface area contributed by atoms with Crippen LogP contribution in [0.25, 0.3) is 33.3 Å². The number of halogens is 1. The van der Waals surface area contributed by atoms with Gasteiger partial charge in [0.1, 0.15) is 10.7 Å². The Hall–Kier alpha value is -3.24. The fourth-order valence-electron chi connectivity index (χ4n) is 4.18. The molecule has 0 spiro atoms. The molecule has 4 heterocycles. The van der Waals surface area contributed by atoms with E-state index in [2.05, 4.69) is 67.1 Å². The molecule has 160 valence electrons. The molecule has 5 heteroatoms. The topological polar surface area (TPSA) is 51.8 Å². The number of rotatable bonds is 3. The quantitative estimate of drug-likeness (QED) is 0.275. The Morgan fingerprint density at radius 2 is 1.62 bits per heavy atom. The van der Waals surface area contributed by atoms with E-state index in [0.717, 1.165) is 55.8 Å². The van der Waals surface area contributed by atoms with Crippen LogP contribution in [-0.2, 0) is 5.41 Å². The lowest BCUT2D eigenvalue weighted by molar-refractivity contribution is 0.595. The molecule has 5 aromatic rings. The van der Waals surface area contributed by atoms with Crippen LogP contribution in [0.4, 0.5) is 0 Å². The van der Waals surface area contributed by atoms with Crippen molar-refractivity contribution < 1.29 is 4.42 Å². The van der Waals surface area contributed by atoms with Gasteiger partial charge in [-0.15, -0.1) is 0 Å². The Morgan fingerprint density at radius 3 is 2.41 bits per heavy atom. The highest BCUT2D eigenvalue weighted by atomic mass is 35.5. The molecule has 0 atom stereocenters. The third-order valence-corrected chi connectivity index (χ3v) is 6.27. The molecule has 0 amide bonds. The number of nitrogens with zero attached hydrogens (tertiary/aromatic N) is 3. The van der Waals surface area contributed by atoms with Gasteiger partial charge < -0.3 is 4.42 Å². The summed E-state index contributed by atoms with van der Waals surface area (Å²) in [6.45, 7) is 10.3. The van der Waals surface area contributed by atoms with E-state index < -0.39 is 5.41 Å². The Bertz CT molecular complexity index is 1480. The molecule has 5 rings (SSSR count). The third kappa shape index (κ3) is 3.35. The van der Waals surface area contributed by atoms with Gasteiger partial charge in [-0.25, -0.2) is 9.97 Å². The highest BCUT2D eigenvalue weighted by molar-refractivity contribution is 6.29. The first-order valence-corrected chi connectivity index (χ1v) is 11.0. The number of hydrogen-bond acceptors (Lipinski definition) is 4. The van der Waals surface area contributed by atoms with E-state index in [-0.39, 0.29) is 0 Å². The van der Waals surface area contributed by atoms with Gasteiger partial charge in [-0.3, -0.25) is 4.98 Å². The number of pyridine rings is 3. The summed E-state index contributed by atoms with van der Waals surface area (Å²) >= 11 is 6.26. The van der Waals surface area contributed by atoms with Crippen molar-refractivity contribution in [2.75, 3.05) is 0 Å². The van der Waals surface area contributed by atoms with E-state index in [1.165, 1.54) is 0 Å². The highest BCUT2D eigenvalue weighted by Crippen LogP contribution is 2.37. The van der Waals surface area contributed by atoms with Crippen molar-refractivity contribution in [3.05, 3.63) is 88.0 Å². The molecule has 4 aromatic heterocycles. The molecular weight excluding hydrogens is 418 g/mol. The maximum Gasteiger partial charge on any atom is 0.227 e. The van der Waals surface area contributed by atoms with Crippen molar-refractivity contribution in [2.45, 2.75) is 40.0 Å². The van der Waals surface area contributed by atoms with E-state index >= 15 is 0 Å². The number of aromatic nitrogens is 3. The van der Waals surface area contributed by atoms with Crippen molar-refractivity contribution in [3.8, 4) is 11.3 Å². The summed E-state index contributed by atoms with van der Waals surface area (Å²) in [7, 11) is 0. The minimum Gasteiger partial charge on any atom is -0.437 e.